The van der Waals surface area contributed by atoms with Crippen molar-refractivity contribution < 1.29 is 15.3 Å². The lowest BCUT2D eigenvalue weighted by atomic mass is 10.0. The van der Waals surface area contributed by atoms with Crippen molar-refractivity contribution in [2.75, 3.05) is 6.54 Å². The van der Waals surface area contributed by atoms with Crippen LogP contribution in [0, 0.1) is 5.41 Å². The van der Waals surface area contributed by atoms with E-state index in [1.807, 2.05) is 0 Å². The standard InChI is InChI=1S/C13H19NO3/c1-2-13(5-6-13)8-14-7-9-3-4-10(15)12(17)11(9)16/h3-4,14-17H,2,5-8H2,1H3. The molecule has 1 fully saturated rings. The van der Waals surface area contributed by atoms with Crippen molar-refractivity contribution in [3.05, 3.63) is 17.7 Å². The lowest BCUT2D eigenvalue weighted by molar-refractivity contribution is 0.362. The van der Waals surface area contributed by atoms with Crippen LogP contribution in [-0.4, -0.2) is 21.9 Å². The van der Waals surface area contributed by atoms with E-state index in [2.05, 4.69) is 12.2 Å². The third kappa shape index (κ3) is 2.47. The molecule has 1 aromatic carbocycles. The number of nitrogens with one attached hydrogen (secondary N) is 1. The van der Waals surface area contributed by atoms with E-state index in [1.165, 1.54) is 25.3 Å². The van der Waals surface area contributed by atoms with E-state index in [1.54, 1.807) is 6.07 Å². The fourth-order valence-corrected chi connectivity index (χ4v) is 2.05. The molecule has 94 valence electrons. The van der Waals surface area contributed by atoms with E-state index in [4.69, 9.17) is 0 Å². The van der Waals surface area contributed by atoms with Crippen molar-refractivity contribution in [2.24, 2.45) is 5.41 Å². The number of aromatic hydroxyl groups is 3. The molecule has 0 bridgehead atoms. The molecule has 4 N–H and O–H groups in total. The highest BCUT2D eigenvalue weighted by Crippen LogP contribution is 2.48. The van der Waals surface area contributed by atoms with Gasteiger partial charge < -0.3 is 20.6 Å². The van der Waals surface area contributed by atoms with Gasteiger partial charge in [0.2, 0.25) is 5.75 Å². The maximum atomic E-state index is 9.63. The van der Waals surface area contributed by atoms with Crippen molar-refractivity contribution >= 4 is 0 Å². The van der Waals surface area contributed by atoms with Crippen molar-refractivity contribution in [3.63, 3.8) is 0 Å². The smallest absolute Gasteiger partial charge is 0.200 e. The Morgan fingerprint density at radius 3 is 2.47 bits per heavy atom. The van der Waals surface area contributed by atoms with Crippen LogP contribution in [0.25, 0.3) is 0 Å². The summed E-state index contributed by atoms with van der Waals surface area (Å²) >= 11 is 0. The van der Waals surface area contributed by atoms with Gasteiger partial charge in [-0.3, -0.25) is 0 Å². The Labute approximate surface area is 101 Å². The first-order valence-electron chi connectivity index (χ1n) is 6.01. The Bertz CT molecular complexity index is 413. The average Bonchev–Trinajstić information content (AvgIpc) is 3.10. The van der Waals surface area contributed by atoms with E-state index in [-0.39, 0.29) is 11.5 Å². The average molecular weight is 237 g/mol. The first-order chi connectivity index (χ1) is 8.08. The predicted octanol–water partition coefficient (Wildman–Crippen LogP) is 2.08. The zero-order valence-electron chi connectivity index (χ0n) is 10.0. The van der Waals surface area contributed by atoms with Gasteiger partial charge in [0.15, 0.2) is 11.5 Å². The molecule has 4 heteroatoms. The highest BCUT2D eigenvalue weighted by Gasteiger charge is 2.39. The van der Waals surface area contributed by atoms with Gasteiger partial charge in [0.25, 0.3) is 0 Å². The second kappa shape index (κ2) is 4.45. The lowest BCUT2D eigenvalue weighted by Gasteiger charge is -2.14. The van der Waals surface area contributed by atoms with Crippen molar-refractivity contribution in [1.82, 2.24) is 5.32 Å². The molecule has 1 saturated carbocycles. The summed E-state index contributed by atoms with van der Waals surface area (Å²) in [6.45, 7) is 3.63. The van der Waals surface area contributed by atoms with Crippen LogP contribution in [0.1, 0.15) is 31.7 Å². The molecule has 0 aromatic heterocycles. The molecular weight excluding hydrogens is 218 g/mol. The normalized spacial score (nSPS) is 17.0. The molecule has 0 heterocycles. The maximum Gasteiger partial charge on any atom is 0.200 e. The van der Waals surface area contributed by atoms with Gasteiger partial charge in [0, 0.05) is 18.7 Å². The minimum Gasteiger partial charge on any atom is -0.504 e. The monoisotopic (exact) mass is 237 g/mol. The topological polar surface area (TPSA) is 72.7 Å². The number of hydrogen-bond acceptors (Lipinski definition) is 4. The van der Waals surface area contributed by atoms with Gasteiger partial charge in [-0.1, -0.05) is 13.0 Å². The van der Waals surface area contributed by atoms with Crippen molar-refractivity contribution in [2.45, 2.75) is 32.7 Å². The quantitative estimate of drug-likeness (QED) is 0.592. The van der Waals surface area contributed by atoms with Crippen LogP contribution in [0.5, 0.6) is 17.2 Å². The van der Waals surface area contributed by atoms with Gasteiger partial charge >= 0.3 is 0 Å². The molecule has 0 radical (unpaired) electrons. The van der Waals surface area contributed by atoms with E-state index >= 15 is 0 Å². The summed E-state index contributed by atoms with van der Waals surface area (Å²) in [5.41, 5.74) is 1.06. The fraction of sp³-hybridized carbons (Fsp3) is 0.538. The van der Waals surface area contributed by atoms with E-state index in [0.717, 1.165) is 6.54 Å². The minimum absolute atomic E-state index is 0.237. The highest BCUT2D eigenvalue weighted by atomic mass is 16.3. The molecule has 0 atom stereocenters. The van der Waals surface area contributed by atoms with Crippen molar-refractivity contribution in [1.29, 1.82) is 0 Å². The van der Waals surface area contributed by atoms with Crippen LogP contribution in [-0.2, 0) is 6.54 Å². The number of rotatable bonds is 5. The summed E-state index contributed by atoms with van der Waals surface area (Å²) in [6.07, 6.45) is 3.71. The molecule has 1 aliphatic carbocycles. The molecule has 0 aliphatic heterocycles. The highest BCUT2D eigenvalue weighted by molar-refractivity contribution is 5.52. The van der Waals surface area contributed by atoms with Crippen molar-refractivity contribution in [3.8, 4) is 17.2 Å². The molecule has 4 nitrogen and oxygen atoms in total. The Morgan fingerprint density at radius 2 is 1.88 bits per heavy atom. The van der Waals surface area contributed by atoms with Crippen LogP contribution < -0.4 is 5.32 Å². The van der Waals surface area contributed by atoms with Crippen LogP contribution in [0.15, 0.2) is 12.1 Å². The summed E-state index contributed by atoms with van der Waals surface area (Å²) in [5, 5.41) is 31.5. The second-order valence-corrected chi connectivity index (χ2v) is 4.90. The summed E-state index contributed by atoms with van der Waals surface area (Å²) in [4.78, 5) is 0. The number of benzene rings is 1. The second-order valence-electron chi connectivity index (χ2n) is 4.90. The molecule has 17 heavy (non-hydrogen) atoms. The Kier molecular flexibility index (Phi) is 3.15. The number of phenolic OH excluding ortho intramolecular Hbond substituents is 3. The molecule has 1 aliphatic rings. The number of hydrogen-bond donors (Lipinski definition) is 4. The molecule has 0 unspecified atom stereocenters. The Hall–Kier alpha value is -1.42. The Balaban J connectivity index is 1.93. The first kappa shape index (κ1) is 12.0. The van der Waals surface area contributed by atoms with Crippen LogP contribution in [0.2, 0.25) is 0 Å². The third-order valence-corrected chi connectivity index (χ3v) is 3.74. The van der Waals surface area contributed by atoms with Gasteiger partial charge in [-0.25, -0.2) is 0 Å². The van der Waals surface area contributed by atoms with Crippen LogP contribution in [0.4, 0.5) is 0 Å². The first-order valence-corrected chi connectivity index (χ1v) is 6.01. The molecule has 0 saturated heterocycles. The largest absolute Gasteiger partial charge is 0.504 e. The zero-order chi connectivity index (χ0) is 12.5. The van der Waals surface area contributed by atoms with Crippen LogP contribution >= 0.6 is 0 Å². The fourth-order valence-electron chi connectivity index (χ4n) is 2.05. The predicted molar refractivity (Wildman–Crippen MR) is 65.1 cm³/mol. The molecule has 2 rings (SSSR count). The van der Waals surface area contributed by atoms with Gasteiger partial charge in [-0.05, 0) is 30.7 Å². The summed E-state index contributed by atoms with van der Waals surface area (Å²) in [6, 6.07) is 3.00. The maximum absolute atomic E-state index is 9.63. The van der Waals surface area contributed by atoms with Gasteiger partial charge in [0.1, 0.15) is 0 Å². The van der Waals surface area contributed by atoms with Gasteiger partial charge in [0.05, 0.1) is 0 Å². The van der Waals surface area contributed by atoms with Gasteiger partial charge in [-0.15, -0.1) is 0 Å². The zero-order valence-corrected chi connectivity index (χ0v) is 10.0. The summed E-state index contributed by atoms with van der Waals surface area (Å²) in [7, 11) is 0. The van der Waals surface area contributed by atoms with Gasteiger partial charge in [-0.2, -0.15) is 0 Å². The summed E-state index contributed by atoms with van der Waals surface area (Å²) in [5.74, 6) is -0.974. The minimum atomic E-state index is -0.444. The molecule has 0 spiro atoms. The lowest BCUT2D eigenvalue weighted by Crippen LogP contribution is -2.23. The third-order valence-electron chi connectivity index (χ3n) is 3.74. The van der Waals surface area contributed by atoms with Crippen LogP contribution in [0.3, 0.4) is 0 Å². The summed E-state index contributed by atoms with van der Waals surface area (Å²) < 4.78 is 0. The van der Waals surface area contributed by atoms with E-state index in [9.17, 15) is 15.3 Å². The SMILES string of the molecule is CCC1(CNCc2ccc(O)c(O)c2O)CC1. The molecule has 1 aromatic rings. The Morgan fingerprint density at radius 1 is 1.18 bits per heavy atom. The number of phenols is 3. The van der Waals surface area contributed by atoms with E-state index in [0.29, 0.717) is 17.5 Å². The molecule has 0 amide bonds. The molecular formula is C13H19NO3. The van der Waals surface area contributed by atoms with E-state index < -0.39 is 5.75 Å².